The quantitative estimate of drug-likeness (QED) is 0.111. The van der Waals surface area contributed by atoms with Crippen molar-refractivity contribution in [1.29, 1.82) is 0 Å². The average molecular weight is 695 g/mol. The van der Waals surface area contributed by atoms with Crippen LogP contribution in [0.1, 0.15) is 22.3 Å². The summed E-state index contributed by atoms with van der Waals surface area (Å²) in [7, 11) is 0. The largest absolute Gasteiger partial charge is 0.311 e. The molecule has 54 heavy (non-hydrogen) atoms. The van der Waals surface area contributed by atoms with Gasteiger partial charge in [-0.05, 0) is 106 Å². The van der Waals surface area contributed by atoms with E-state index in [4.69, 9.17) is 6.58 Å². The van der Waals surface area contributed by atoms with Gasteiger partial charge in [0.2, 0.25) is 0 Å². The lowest BCUT2D eigenvalue weighted by Gasteiger charge is -2.27. The van der Waals surface area contributed by atoms with Crippen LogP contribution in [0.15, 0.2) is 249 Å². The van der Waals surface area contributed by atoms with Gasteiger partial charge in [0.05, 0.1) is 0 Å². The molecule has 0 aliphatic heterocycles. The van der Waals surface area contributed by atoms with Crippen molar-refractivity contribution in [2.24, 2.45) is 0 Å². The molecule has 7 aromatic carbocycles. The molecule has 0 heterocycles. The summed E-state index contributed by atoms with van der Waals surface area (Å²) in [6.45, 7) is 8.89. The Labute approximate surface area is 319 Å². The molecule has 0 amide bonds. The Hall–Kier alpha value is -7.16. The molecule has 7 aromatic rings. The Bertz CT molecular complexity index is 2300. The minimum Gasteiger partial charge on any atom is -0.311 e. The van der Waals surface area contributed by atoms with E-state index in [1.54, 1.807) is 0 Å². The maximum Gasteiger partial charge on any atom is 0.0468 e. The summed E-state index contributed by atoms with van der Waals surface area (Å²) in [4.78, 5) is 4.51. The van der Waals surface area contributed by atoms with Crippen molar-refractivity contribution >= 4 is 39.6 Å². The number of rotatable bonds is 13. The van der Waals surface area contributed by atoms with Gasteiger partial charge in [0, 0.05) is 34.1 Å². The van der Waals surface area contributed by atoms with E-state index in [1.165, 1.54) is 0 Å². The van der Waals surface area contributed by atoms with E-state index >= 15 is 0 Å². The molecular formula is C52H42N2. The molecule has 0 saturated carbocycles. The number of benzene rings is 7. The molecule has 0 N–H and O–H groups in total. The summed E-state index contributed by atoms with van der Waals surface area (Å²) in [6.07, 6.45) is 10.4. The first-order valence-electron chi connectivity index (χ1n) is 18.2. The molecule has 0 atom stereocenters. The van der Waals surface area contributed by atoms with Crippen LogP contribution in [0.25, 0.3) is 11.1 Å². The fraction of sp³-hybridized carbons (Fsp3) is 0. The van der Waals surface area contributed by atoms with Gasteiger partial charge < -0.3 is 9.80 Å². The molecule has 0 aromatic heterocycles. The Morgan fingerprint density at radius 3 is 1.31 bits per heavy atom. The maximum absolute atomic E-state index is 4.70. The van der Waals surface area contributed by atoms with Crippen LogP contribution in [-0.2, 0) is 0 Å². The lowest BCUT2D eigenvalue weighted by molar-refractivity contribution is 1.21. The van der Waals surface area contributed by atoms with Gasteiger partial charge in [0.1, 0.15) is 0 Å². The highest BCUT2D eigenvalue weighted by molar-refractivity contribution is 5.93. The molecular weight excluding hydrogens is 653 g/mol. The van der Waals surface area contributed by atoms with Crippen molar-refractivity contribution in [3.63, 3.8) is 0 Å². The monoisotopic (exact) mass is 694 g/mol. The second-order valence-corrected chi connectivity index (χ2v) is 12.7. The zero-order valence-corrected chi connectivity index (χ0v) is 30.2. The van der Waals surface area contributed by atoms with Crippen LogP contribution in [-0.4, -0.2) is 0 Å². The summed E-state index contributed by atoms with van der Waals surface area (Å²) in [5, 5.41) is 0. The van der Waals surface area contributed by atoms with Crippen molar-refractivity contribution in [3.05, 3.63) is 272 Å². The smallest absolute Gasteiger partial charge is 0.0468 e. The van der Waals surface area contributed by atoms with E-state index in [9.17, 15) is 0 Å². The molecule has 260 valence electrons. The highest BCUT2D eigenvalue weighted by Crippen LogP contribution is 2.40. The van der Waals surface area contributed by atoms with E-state index in [-0.39, 0.29) is 0 Å². The molecule has 0 unspecified atom stereocenters. The van der Waals surface area contributed by atoms with Crippen LogP contribution < -0.4 is 9.80 Å². The summed E-state index contributed by atoms with van der Waals surface area (Å²) < 4.78 is 0. The Balaban J connectivity index is 1.36. The topological polar surface area (TPSA) is 6.48 Å². The summed E-state index contributed by atoms with van der Waals surface area (Å²) >= 11 is 0. The number of para-hydroxylation sites is 4. The fourth-order valence-electron chi connectivity index (χ4n) is 6.65. The van der Waals surface area contributed by atoms with Crippen LogP contribution >= 0.6 is 0 Å². The van der Waals surface area contributed by atoms with E-state index < -0.39 is 0 Å². The van der Waals surface area contributed by atoms with Gasteiger partial charge in [-0.3, -0.25) is 0 Å². The number of anilines is 5. The SMILES string of the molecule is C=C\C(=C/C=C\C=C(\c1ccccc1)c1ccc(N(c2ccccc2)c2ccccc2)cc1C(=C)c1ccccc1)N(c1ccccc1)c1ccccc1. The number of nitrogens with zero attached hydrogens (tertiary/aromatic N) is 2. The third kappa shape index (κ3) is 8.15. The highest BCUT2D eigenvalue weighted by atomic mass is 15.1. The zero-order valence-electron chi connectivity index (χ0n) is 30.2. The lowest BCUT2D eigenvalue weighted by atomic mass is 9.87. The third-order valence-electron chi connectivity index (χ3n) is 9.25. The van der Waals surface area contributed by atoms with E-state index in [1.807, 2.05) is 24.3 Å². The summed E-state index contributed by atoms with van der Waals surface area (Å²) in [6, 6.07) is 69.5. The minimum absolute atomic E-state index is 0.953. The Morgan fingerprint density at radius 2 is 0.833 bits per heavy atom. The second kappa shape index (κ2) is 17.4. The van der Waals surface area contributed by atoms with E-state index in [2.05, 4.69) is 223 Å². The molecule has 7 rings (SSSR count). The fourth-order valence-corrected chi connectivity index (χ4v) is 6.65. The first-order chi connectivity index (χ1) is 26.7. The minimum atomic E-state index is 0.953. The standard InChI is InChI=1S/C52H42N2/c1-3-44(53(45-29-14-6-15-30-45)46-31-16-7-17-32-46)28-22-23-37-50(43-26-12-5-13-27-43)51-39-38-49(40-52(51)41(2)42-24-10-4-11-25-42)54(47-33-18-8-19-34-47)48-35-20-9-21-36-48/h3-40H,1-2H2/b23-22-,44-28+,50-37-. The van der Waals surface area contributed by atoms with E-state index in [0.29, 0.717) is 0 Å². The van der Waals surface area contributed by atoms with Crippen molar-refractivity contribution in [1.82, 2.24) is 0 Å². The third-order valence-corrected chi connectivity index (χ3v) is 9.25. The van der Waals surface area contributed by atoms with Crippen LogP contribution in [0.4, 0.5) is 28.4 Å². The zero-order chi connectivity index (χ0) is 37.0. The second-order valence-electron chi connectivity index (χ2n) is 12.7. The van der Waals surface area contributed by atoms with Gasteiger partial charge in [-0.25, -0.2) is 0 Å². The van der Waals surface area contributed by atoms with Gasteiger partial charge in [-0.1, -0.05) is 171 Å². The van der Waals surface area contributed by atoms with Gasteiger partial charge in [-0.15, -0.1) is 0 Å². The van der Waals surface area contributed by atoms with Crippen LogP contribution in [0.3, 0.4) is 0 Å². The molecule has 2 nitrogen and oxygen atoms in total. The van der Waals surface area contributed by atoms with Crippen molar-refractivity contribution < 1.29 is 0 Å². The summed E-state index contributed by atoms with van der Waals surface area (Å²) in [5.74, 6) is 0. The molecule has 0 radical (unpaired) electrons. The average Bonchev–Trinajstić information content (AvgIpc) is 3.25. The predicted octanol–water partition coefficient (Wildman–Crippen LogP) is 14.1. The van der Waals surface area contributed by atoms with Gasteiger partial charge in [0.25, 0.3) is 0 Å². The normalized spacial score (nSPS) is 11.6. The van der Waals surface area contributed by atoms with Crippen LogP contribution in [0.2, 0.25) is 0 Å². The van der Waals surface area contributed by atoms with Crippen molar-refractivity contribution in [3.8, 4) is 0 Å². The maximum atomic E-state index is 4.70. The van der Waals surface area contributed by atoms with Crippen LogP contribution in [0.5, 0.6) is 0 Å². The molecule has 0 spiro atoms. The molecule has 0 fully saturated rings. The Kier molecular flexibility index (Phi) is 11.3. The van der Waals surface area contributed by atoms with Gasteiger partial charge >= 0.3 is 0 Å². The molecule has 0 aliphatic carbocycles. The van der Waals surface area contributed by atoms with Crippen molar-refractivity contribution in [2.75, 3.05) is 9.80 Å². The molecule has 0 aliphatic rings. The highest BCUT2D eigenvalue weighted by Gasteiger charge is 2.19. The Morgan fingerprint density at radius 1 is 0.407 bits per heavy atom. The number of allylic oxidation sites excluding steroid dienone is 5. The number of hydrogen-bond donors (Lipinski definition) is 0. The molecule has 0 saturated heterocycles. The van der Waals surface area contributed by atoms with Crippen molar-refractivity contribution in [2.45, 2.75) is 0 Å². The number of hydrogen-bond acceptors (Lipinski definition) is 2. The predicted molar refractivity (Wildman–Crippen MR) is 232 cm³/mol. The van der Waals surface area contributed by atoms with Gasteiger partial charge in [0.15, 0.2) is 0 Å². The molecule has 2 heteroatoms. The van der Waals surface area contributed by atoms with E-state index in [0.717, 1.165) is 67.5 Å². The summed E-state index contributed by atoms with van der Waals surface area (Å²) in [5.41, 5.74) is 12.7. The lowest BCUT2D eigenvalue weighted by Crippen LogP contribution is -2.14. The first kappa shape index (κ1) is 35.3. The van der Waals surface area contributed by atoms with Gasteiger partial charge in [-0.2, -0.15) is 0 Å². The molecule has 0 bridgehead atoms. The first-order valence-corrected chi connectivity index (χ1v) is 18.2. The van der Waals surface area contributed by atoms with Crippen LogP contribution in [0, 0.1) is 0 Å².